The van der Waals surface area contributed by atoms with Crippen LogP contribution in [0.3, 0.4) is 0 Å². The lowest BCUT2D eigenvalue weighted by Crippen LogP contribution is -2.24. The number of ether oxygens (including phenoxy) is 16. The van der Waals surface area contributed by atoms with Gasteiger partial charge in [0.15, 0.2) is 46.1 Å². The van der Waals surface area contributed by atoms with E-state index < -0.39 is 5.41 Å². The first-order valence-corrected chi connectivity index (χ1v) is 47.6. The van der Waals surface area contributed by atoms with E-state index >= 15 is 0 Å². The zero-order valence-corrected chi connectivity index (χ0v) is 89.4. The molecule has 0 bridgehead atoms. The molecule has 0 atom stereocenters. The number of hydrogen-bond acceptors (Lipinski definition) is 23. The van der Waals surface area contributed by atoms with E-state index in [0.29, 0.717) is 90.7 Å². The highest BCUT2D eigenvalue weighted by molar-refractivity contribution is 6.12. The molecule has 0 aromatic heterocycles. The number of aliphatic hydroxyl groups excluding tert-OH is 5. The fourth-order valence-electron chi connectivity index (χ4n) is 18.4. The maximum absolute atomic E-state index is 12.7. The highest BCUT2D eigenvalue weighted by Gasteiger charge is 2.36. The van der Waals surface area contributed by atoms with Crippen LogP contribution < -0.4 is 75.8 Å². The second kappa shape index (κ2) is 54.1. The number of carbonyl (C=O) groups excluding carboxylic acids is 2. The van der Waals surface area contributed by atoms with Gasteiger partial charge in [0.05, 0.1) is 158 Å². The first kappa shape index (κ1) is 115. The van der Waals surface area contributed by atoms with Crippen molar-refractivity contribution in [2.75, 3.05) is 114 Å². The topological polar surface area (TPSA) is 283 Å². The molecule has 23 nitrogen and oxygen atoms in total. The van der Waals surface area contributed by atoms with Crippen LogP contribution in [0.5, 0.6) is 92.0 Å². The van der Waals surface area contributed by atoms with Gasteiger partial charge in [-0.05, 0) is 246 Å². The number of aryl methyl sites for hydroxylation is 4. The lowest BCUT2D eigenvalue weighted by atomic mass is 9.74. The first-order valence-electron chi connectivity index (χ1n) is 47.6. The Morgan fingerprint density at radius 3 is 1.02 bits per heavy atom. The van der Waals surface area contributed by atoms with Crippen LogP contribution in [0.15, 0.2) is 249 Å². The zero-order chi connectivity index (χ0) is 107. The molecule has 14 aromatic carbocycles. The molecule has 14 aromatic rings. The van der Waals surface area contributed by atoms with Crippen molar-refractivity contribution >= 4 is 11.6 Å². The summed E-state index contributed by atoms with van der Waals surface area (Å²) in [6.07, 6.45) is 0. The largest absolute Gasteiger partial charge is 0.497 e. The minimum Gasteiger partial charge on any atom is -0.497 e. The molecule has 0 unspecified atom stereocenters. The van der Waals surface area contributed by atoms with Crippen LogP contribution in [0.4, 0.5) is 0 Å². The first-order chi connectivity index (χ1) is 70.2. The monoisotopic (exact) mass is 1990 g/mol. The molecule has 0 aliphatic heterocycles. The van der Waals surface area contributed by atoms with Crippen LogP contribution in [-0.4, -0.2) is 151 Å². The van der Waals surface area contributed by atoms with E-state index in [2.05, 4.69) is 166 Å². The SMILES string of the molecule is COc1ccc(C(=O)c2ccc(CO)cc2)c(OC)c1OC.COc1ccc(C(=O)c2ccccc2)c(OC)c1OC.COc1ccc(C(C)(C)c2ccc(CO)c(CO)c2CO)c(OC)c1OC.COc1ccc(C(C)(C)c2ccc(CO)cc2)cc1.COc1ccc(C(c2c(C)cc(C)cc2OC)c2c(C)cc(C)cc2OC)cc1.COc1ccccc1C(c1ccc(OC)c(C)c1C)c1ccc(OC)c(C)c1C. The minimum absolute atomic E-state index is 0.0213. The van der Waals surface area contributed by atoms with E-state index in [1.54, 1.807) is 138 Å². The van der Waals surface area contributed by atoms with Crippen LogP contribution in [0.25, 0.3) is 0 Å². The smallest absolute Gasteiger partial charge is 0.204 e. The van der Waals surface area contributed by atoms with Crippen LogP contribution in [0, 0.1) is 55.4 Å². The summed E-state index contributed by atoms with van der Waals surface area (Å²) < 4.78 is 87.2. The van der Waals surface area contributed by atoms with Gasteiger partial charge in [-0.15, -0.1) is 0 Å². The van der Waals surface area contributed by atoms with Gasteiger partial charge in [0.25, 0.3) is 0 Å². The summed E-state index contributed by atoms with van der Waals surface area (Å²) in [5.74, 6) is 10.0. The third kappa shape index (κ3) is 26.2. The molecule has 23 heteroatoms. The Bertz CT molecular complexity index is 6430. The Labute approximate surface area is 861 Å². The fraction of sp³-hybridized carbons (Fsp3) is 0.301. The fourth-order valence-corrected chi connectivity index (χ4v) is 18.4. The quantitative estimate of drug-likeness (QED) is 0.0182. The van der Waals surface area contributed by atoms with E-state index in [1.807, 2.05) is 98.8 Å². The van der Waals surface area contributed by atoms with Crippen molar-refractivity contribution in [3.63, 3.8) is 0 Å². The zero-order valence-electron chi connectivity index (χ0n) is 89.4. The van der Waals surface area contributed by atoms with Gasteiger partial charge in [-0.2, -0.15) is 0 Å². The summed E-state index contributed by atoms with van der Waals surface area (Å²) in [6.45, 7) is 24.8. The number of methoxy groups -OCH3 is 16. The van der Waals surface area contributed by atoms with Gasteiger partial charge in [0.1, 0.15) is 40.2 Å². The molecule has 0 amide bonds. The maximum atomic E-state index is 12.7. The summed E-state index contributed by atoms with van der Waals surface area (Å²) in [5, 5.41) is 47.5. The lowest BCUT2D eigenvalue weighted by Gasteiger charge is -2.32. The summed E-state index contributed by atoms with van der Waals surface area (Å²) in [6, 6.07) is 79.7. The van der Waals surface area contributed by atoms with Gasteiger partial charge in [0, 0.05) is 56.0 Å². The summed E-state index contributed by atoms with van der Waals surface area (Å²) >= 11 is 0. The van der Waals surface area contributed by atoms with Crippen molar-refractivity contribution in [3.8, 4) is 92.0 Å². The molecule has 0 aliphatic rings. The molecule has 0 radical (unpaired) electrons. The summed E-state index contributed by atoms with van der Waals surface area (Å²) in [7, 11) is 25.7. The number of hydrogen-bond donors (Lipinski definition) is 5. The molecule has 772 valence electrons. The second-order valence-corrected chi connectivity index (χ2v) is 35.6. The van der Waals surface area contributed by atoms with Crippen molar-refractivity contribution in [1.29, 1.82) is 0 Å². The molecular formula is C123H142O23. The molecule has 0 aliphatic carbocycles. The standard InChI is InChI=1S/2C26H30O3.C21H28O6.C17H18O5.C17H20O2.C16H16O4/c1-16-12-18(3)24(22(14-16)28-6)26(20-8-10-21(27-5)11-9-20)25-19(4)13-17(2)15-23(25)29-7;1-16-18(3)23(27-5)14-12-20(16)26(22-10-8-9-11-25(22)29-7)21-13-15-24(28-6)19(4)17(21)2;1-21(2,16-7-6-13(10-22)14(11-23)15(16)12-24)17-8-9-18(25-3)20(27-5)19(17)26-4;1-20-14-9-8-13(16(21-2)17(14)22-3)15(19)12-6-4-11(10-18)5-7-12;1-17(2,14-6-4-13(12-18)5-7-14)15-8-10-16(19-3)11-9-15;1-18-13-10-9-12(15(19-2)16(13)20-3)14(17)11-7-5-4-6-8-11/h2*8-15,26H,1-7H3;6-9,22-24H,10-12H2,1-5H3;4-9,18H,10H2,1-3H3;4-11,18H,12H2,1-3H3;4-10H,1-3H3. The Balaban J connectivity index is 0.000000196. The maximum Gasteiger partial charge on any atom is 0.204 e. The Morgan fingerprint density at radius 2 is 0.630 bits per heavy atom. The van der Waals surface area contributed by atoms with Gasteiger partial charge >= 0.3 is 0 Å². The van der Waals surface area contributed by atoms with Crippen molar-refractivity contribution in [3.05, 3.63) is 399 Å². The third-order valence-corrected chi connectivity index (χ3v) is 26.6. The van der Waals surface area contributed by atoms with Crippen LogP contribution in [-0.2, 0) is 43.9 Å². The van der Waals surface area contributed by atoms with E-state index in [1.165, 1.54) is 104 Å². The average molecular weight is 1990 g/mol. The Hall–Kier alpha value is -15.0. The number of para-hydroxylation sites is 1. The van der Waals surface area contributed by atoms with Crippen molar-refractivity contribution < 1.29 is 111 Å². The normalized spacial score (nSPS) is 10.8. The molecule has 0 saturated heterocycles. The molecule has 0 fully saturated rings. The van der Waals surface area contributed by atoms with Gasteiger partial charge in [-0.3, -0.25) is 9.59 Å². The van der Waals surface area contributed by atoms with E-state index in [9.17, 15) is 24.9 Å². The Morgan fingerprint density at radius 1 is 0.267 bits per heavy atom. The average Bonchev–Trinajstić information content (AvgIpc) is 0.761. The third-order valence-electron chi connectivity index (χ3n) is 26.6. The number of aliphatic hydroxyl groups is 5. The van der Waals surface area contributed by atoms with Crippen molar-refractivity contribution in [2.45, 2.75) is 139 Å². The van der Waals surface area contributed by atoms with Gasteiger partial charge < -0.3 is 101 Å². The lowest BCUT2D eigenvalue weighted by molar-refractivity contribution is 0.102. The van der Waals surface area contributed by atoms with E-state index in [4.69, 9.17) is 86.0 Å². The highest BCUT2D eigenvalue weighted by atomic mass is 16.5. The molecule has 14 rings (SSSR count). The molecule has 0 saturated carbocycles. The van der Waals surface area contributed by atoms with Gasteiger partial charge in [-0.25, -0.2) is 0 Å². The number of ketones is 2. The number of carbonyl (C=O) groups is 2. The van der Waals surface area contributed by atoms with Gasteiger partial charge in [0.2, 0.25) is 17.2 Å². The minimum atomic E-state index is -0.582. The number of rotatable bonds is 35. The predicted molar refractivity (Wildman–Crippen MR) is 576 cm³/mol. The molecular weight excluding hydrogens is 1850 g/mol. The molecule has 0 spiro atoms. The van der Waals surface area contributed by atoms with E-state index in [-0.39, 0.29) is 61.9 Å². The molecule has 146 heavy (non-hydrogen) atoms. The Kier molecular flexibility index (Phi) is 42.5. The molecule has 0 heterocycles. The van der Waals surface area contributed by atoms with Crippen molar-refractivity contribution in [1.82, 2.24) is 0 Å². The number of benzene rings is 14. The van der Waals surface area contributed by atoms with E-state index in [0.717, 1.165) is 90.3 Å². The van der Waals surface area contributed by atoms with Crippen LogP contribution >= 0.6 is 0 Å². The predicted octanol–water partition coefficient (Wildman–Crippen LogP) is 23.7. The second-order valence-electron chi connectivity index (χ2n) is 35.6. The van der Waals surface area contributed by atoms with Crippen LogP contribution in [0.2, 0.25) is 0 Å². The summed E-state index contributed by atoms with van der Waals surface area (Å²) in [5.41, 5.74) is 25.5. The summed E-state index contributed by atoms with van der Waals surface area (Å²) in [4.78, 5) is 25.2. The van der Waals surface area contributed by atoms with Gasteiger partial charge in [-0.1, -0.05) is 191 Å². The molecule has 5 N–H and O–H groups in total. The van der Waals surface area contributed by atoms with Crippen LogP contribution in [0.1, 0.15) is 199 Å². The highest BCUT2D eigenvalue weighted by Crippen LogP contribution is 2.51. The van der Waals surface area contributed by atoms with Crippen molar-refractivity contribution in [2.24, 2.45) is 0 Å².